The summed E-state index contributed by atoms with van der Waals surface area (Å²) in [6, 6.07) is 0. The lowest BCUT2D eigenvalue weighted by molar-refractivity contribution is 0.158. The van der Waals surface area contributed by atoms with Crippen molar-refractivity contribution in [3.05, 3.63) is 10.4 Å². The molecule has 1 N–H and O–H groups in total. The molecule has 100 valence electrons. The molecule has 0 aromatic carbocycles. The Morgan fingerprint density at radius 2 is 2.00 bits per heavy atom. The second-order valence-electron chi connectivity index (χ2n) is 5.82. The third kappa shape index (κ3) is 6.68. The molecule has 0 saturated heterocycles. The summed E-state index contributed by atoms with van der Waals surface area (Å²) in [5.41, 5.74) is 8.11. The van der Waals surface area contributed by atoms with Crippen LogP contribution in [-0.2, 0) is 4.43 Å². The fraction of sp³-hybridized carbons (Fsp3) is 1.00. The molecule has 0 fully saturated rings. The van der Waals surface area contributed by atoms with Gasteiger partial charge in [0.1, 0.15) is 0 Å². The molecular weight excluding hydrogens is 234 g/mol. The van der Waals surface area contributed by atoms with Crippen LogP contribution >= 0.6 is 0 Å². The van der Waals surface area contributed by atoms with Crippen LogP contribution in [0.2, 0.25) is 18.1 Å². The van der Waals surface area contributed by atoms with E-state index in [1.165, 1.54) is 0 Å². The fourth-order valence-corrected chi connectivity index (χ4v) is 2.17. The molecular formula is C11H25N3O2Si. The Kier molecular flexibility index (Phi) is 6.78. The Hall–Kier alpha value is -0.553. The van der Waals surface area contributed by atoms with Gasteiger partial charge in [-0.2, -0.15) is 0 Å². The Balaban J connectivity index is 3.82. The maximum absolute atomic E-state index is 9.46. The maximum atomic E-state index is 9.46. The van der Waals surface area contributed by atoms with Crippen LogP contribution in [0.3, 0.4) is 0 Å². The van der Waals surface area contributed by atoms with E-state index in [-0.39, 0.29) is 11.6 Å². The van der Waals surface area contributed by atoms with Gasteiger partial charge in [0.2, 0.25) is 0 Å². The average Bonchev–Trinajstić information content (AvgIpc) is 2.20. The summed E-state index contributed by atoms with van der Waals surface area (Å²) < 4.78 is 5.97. The molecule has 0 aliphatic carbocycles. The maximum Gasteiger partial charge on any atom is 0.191 e. The lowest BCUT2D eigenvalue weighted by Gasteiger charge is -2.36. The van der Waals surface area contributed by atoms with Crippen molar-refractivity contribution in [2.24, 2.45) is 5.11 Å². The van der Waals surface area contributed by atoms with Crippen molar-refractivity contribution >= 4 is 8.32 Å². The van der Waals surface area contributed by atoms with Gasteiger partial charge in [-0.25, -0.2) is 0 Å². The van der Waals surface area contributed by atoms with Crippen molar-refractivity contribution in [3.8, 4) is 0 Å². The highest BCUT2D eigenvalue weighted by Gasteiger charge is 2.36. The zero-order chi connectivity index (χ0) is 13.5. The third-order valence-electron chi connectivity index (χ3n) is 3.31. The van der Waals surface area contributed by atoms with Gasteiger partial charge in [-0.15, -0.1) is 0 Å². The number of hydrogen-bond donors (Lipinski definition) is 1. The van der Waals surface area contributed by atoms with Gasteiger partial charge in [0.15, 0.2) is 8.32 Å². The van der Waals surface area contributed by atoms with Gasteiger partial charge in [0, 0.05) is 11.5 Å². The first kappa shape index (κ1) is 16.4. The number of rotatable bonds is 7. The highest BCUT2D eigenvalue weighted by Crippen LogP contribution is 2.36. The molecule has 0 rings (SSSR count). The summed E-state index contributed by atoms with van der Waals surface area (Å²) in [5, 5.41) is 13.0. The third-order valence-corrected chi connectivity index (χ3v) is 7.84. The van der Waals surface area contributed by atoms with Gasteiger partial charge in [-0.1, -0.05) is 25.9 Å². The number of aliphatic hydroxyl groups is 1. The summed E-state index contributed by atoms with van der Waals surface area (Å²) in [6.07, 6.45) is 0.872. The van der Waals surface area contributed by atoms with Crippen molar-refractivity contribution in [3.63, 3.8) is 0 Å². The zero-order valence-corrected chi connectivity index (χ0v) is 12.6. The van der Waals surface area contributed by atoms with Crippen LogP contribution in [0.4, 0.5) is 0 Å². The first-order valence-corrected chi connectivity index (χ1v) is 8.94. The van der Waals surface area contributed by atoms with Crippen LogP contribution in [0.25, 0.3) is 10.4 Å². The second-order valence-corrected chi connectivity index (χ2v) is 10.6. The Morgan fingerprint density at radius 3 is 2.47 bits per heavy atom. The molecule has 0 radical (unpaired) electrons. The lowest BCUT2D eigenvalue weighted by Crippen LogP contribution is -2.41. The van der Waals surface area contributed by atoms with E-state index in [4.69, 9.17) is 9.96 Å². The van der Waals surface area contributed by atoms with Crippen LogP contribution in [0, 0.1) is 0 Å². The molecule has 17 heavy (non-hydrogen) atoms. The first-order valence-electron chi connectivity index (χ1n) is 6.03. The lowest BCUT2D eigenvalue weighted by atomic mass is 10.2. The number of nitrogens with zero attached hydrogens (tertiary/aromatic N) is 3. The van der Waals surface area contributed by atoms with E-state index in [0.717, 1.165) is 6.42 Å². The van der Waals surface area contributed by atoms with Crippen molar-refractivity contribution in [2.75, 3.05) is 13.2 Å². The largest absolute Gasteiger partial charge is 0.417 e. The standard InChI is InChI=1S/C11H25N3O2Si/c1-11(2,3)17(4,5)16-8-6-7-10(15)9-13-14-12/h10,15H,6-9H2,1-5H3. The summed E-state index contributed by atoms with van der Waals surface area (Å²) in [5.74, 6) is 0. The van der Waals surface area contributed by atoms with Crippen LogP contribution in [0.5, 0.6) is 0 Å². The summed E-state index contributed by atoms with van der Waals surface area (Å²) in [4.78, 5) is 2.62. The molecule has 0 aromatic rings. The molecule has 0 aliphatic heterocycles. The first-order chi connectivity index (χ1) is 7.70. The Bertz CT molecular complexity index is 270. The van der Waals surface area contributed by atoms with Gasteiger partial charge in [-0.05, 0) is 36.5 Å². The summed E-state index contributed by atoms with van der Waals surface area (Å²) in [7, 11) is -1.67. The molecule has 0 aliphatic rings. The molecule has 0 heterocycles. The predicted molar refractivity (Wildman–Crippen MR) is 72.4 cm³/mol. The molecule has 6 heteroatoms. The number of azide groups is 1. The molecule has 1 unspecified atom stereocenters. The molecule has 0 saturated carbocycles. The highest BCUT2D eigenvalue weighted by atomic mass is 28.4. The van der Waals surface area contributed by atoms with E-state index < -0.39 is 14.4 Å². The van der Waals surface area contributed by atoms with Crippen molar-refractivity contribution in [2.45, 2.75) is 57.8 Å². The van der Waals surface area contributed by atoms with Crippen molar-refractivity contribution in [1.29, 1.82) is 0 Å². The Labute approximate surface area is 105 Å². The smallest absolute Gasteiger partial charge is 0.191 e. The van der Waals surface area contributed by atoms with Crippen LogP contribution in [-0.4, -0.2) is 32.7 Å². The van der Waals surface area contributed by atoms with Gasteiger partial charge in [-0.3, -0.25) is 0 Å². The summed E-state index contributed by atoms with van der Waals surface area (Å²) >= 11 is 0. The SMILES string of the molecule is CC(C)(C)[Si](C)(C)OCCCC(O)CN=[N+]=[N-]. The van der Waals surface area contributed by atoms with E-state index in [1.807, 2.05) is 0 Å². The molecule has 5 nitrogen and oxygen atoms in total. The van der Waals surface area contributed by atoms with E-state index in [9.17, 15) is 5.11 Å². The van der Waals surface area contributed by atoms with Gasteiger partial charge in [0.25, 0.3) is 0 Å². The molecule has 0 amide bonds. The second kappa shape index (κ2) is 7.01. The van der Waals surface area contributed by atoms with Crippen molar-refractivity contribution in [1.82, 2.24) is 0 Å². The minimum Gasteiger partial charge on any atom is -0.417 e. The van der Waals surface area contributed by atoms with Gasteiger partial charge < -0.3 is 9.53 Å². The van der Waals surface area contributed by atoms with Gasteiger partial charge >= 0.3 is 0 Å². The molecule has 1 atom stereocenters. The van der Waals surface area contributed by atoms with E-state index in [2.05, 4.69) is 43.9 Å². The van der Waals surface area contributed by atoms with E-state index in [1.54, 1.807) is 0 Å². The molecule has 0 aromatic heterocycles. The average molecular weight is 259 g/mol. The number of aliphatic hydroxyl groups excluding tert-OH is 1. The van der Waals surface area contributed by atoms with Crippen LogP contribution in [0.15, 0.2) is 5.11 Å². The van der Waals surface area contributed by atoms with Gasteiger partial charge in [0.05, 0.1) is 12.6 Å². The minimum absolute atomic E-state index is 0.149. The normalized spacial score (nSPS) is 14.2. The predicted octanol–water partition coefficient (Wildman–Crippen LogP) is 3.46. The quantitative estimate of drug-likeness (QED) is 0.250. The Morgan fingerprint density at radius 1 is 1.41 bits per heavy atom. The highest BCUT2D eigenvalue weighted by molar-refractivity contribution is 6.74. The van der Waals surface area contributed by atoms with Crippen LogP contribution < -0.4 is 0 Å². The fourth-order valence-electron chi connectivity index (χ4n) is 1.08. The topological polar surface area (TPSA) is 78.2 Å². The summed E-state index contributed by atoms with van der Waals surface area (Å²) in [6.45, 7) is 11.9. The zero-order valence-electron chi connectivity index (χ0n) is 11.6. The van der Waals surface area contributed by atoms with E-state index >= 15 is 0 Å². The van der Waals surface area contributed by atoms with Crippen LogP contribution in [0.1, 0.15) is 33.6 Å². The van der Waals surface area contributed by atoms with Crippen molar-refractivity contribution < 1.29 is 9.53 Å². The number of hydrogen-bond acceptors (Lipinski definition) is 3. The molecule has 0 bridgehead atoms. The molecule has 0 spiro atoms. The van der Waals surface area contributed by atoms with E-state index in [0.29, 0.717) is 13.0 Å². The monoisotopic (exact) mass is 259 g/mol. The minimum atomic E-state index is -1.67.